The van der Waals surface area contributed by atoms with Gasteiger partial charge in [0.15, 0.2) is 0 Å². The molecule has 0 bridgehead atoms. The third kappa shape index (κ3) is 2.31. The lowest BCUT2D eigenvalue weighted by Gasteiger charge is -2.34. The van der Waals surface area contributed by atoms with Crippen LogP contribution in [0.15, 0.2) is 20.8 Å². The van der Waals surface area contributed by atoms with Crippen molar-refractivity contribution in [1.29, 1.82) is 0 Å². The third-order valence-electron chi connectivity index (χ3n) is 3.31. The normalized spacial score (nSPS) is 23.2. The maximum absolute atomic E-state index is 12.1. The molecule has 0 radical (unpaired) electrons. The number of nitrogens with zero attached hydrogens (tertiary/aromatic N) is 1. The van der Waals surface area contributed by atoms with Gasteiger partial charge >= 0.3 is 0 Å². The van der Waals surface area contributed by atoms with Gasteiger partial charge in [-0.3, -0.25) is 9.59 Å². The molecule has 3 nitrogen and oxygen atoms in total. The van der Waals surface area contributed by atoms with E-state index in [-0.39, 0.29) is 20.8 Å². The van der Waals surface area contributed by atoms with E-state index in [1.807, 2.05) is 4.90 Å². The Morgan fingerprint density at radius 1 is 0.944 bits per heavy atom. The fourth-order valence-electron chi connectivity index (χ4n) is 2.12. The summed E-state index contributed by atoms with van der Waals surface area (Å²) in [6, 6.07) is 0. The summed E-state index contributed by atoms with van der Waals surface area (Å²) >= 11 is 17.4. The number of piperidine rings is 1. The zero-order valence-electron chi connectivity index (χ0n) is 9.80. The third-order valence-corrected chi connectivity index (χ3v) is 4.48. The predicted octanol–water partition coefficient (Wildman–Crippen LogP) is 3.01. The Bertz CT molecular complexity index is 474. The molecule has 0 unspecified atom stereocenters. The van der Waals surface area contributed by atoms with Gasteiger partial charge in [0.25, 0.3) is 0 Å². The first-order chi connectivity index (χ1) is 8.43. The lowest BCUT2D eigenvalue weighted by atomic mass is 9.97. The van der Waals surface area contributed by atoms with Crippen molar-refractivity contribution in [3.63, 3.8) is 0 Å². The number of hydrogen-bond acceptors (Lipinski definition) is 3. The summed E-state index contributed by atoms with van der Waals surface area (Å²) in [5.41, 5.74) is 0.197. The van der Waals surface area contributed by atoms with Crippen molar-refractivity contribution in [3.05, 3.63) is 20.8 Å². The van der Waals surface area contributed by atoms with Gasteiger partial charge in [-0.2, -0.15) is 0 Å². The summed E-state index contributed by atoms with van der Waals surface area (Å²) in [7, 11) is 0. The average Bonchev–Trinajstić information content (AvgIpc) is 2.36. The Morgan fingerprint density at radius 2 is 1.44 bits per heavy atom. The molecule has 2 rings (SSSR count). The van der Waals surface area contributed by atoms with Crippen LogP contribution in [0.2, 0.25) is 0 Å². The number of ketones is 2. The number of likely N-dealkylation sites (tertiary alicyclic amines) is 1. The van der Waals surface area contributed by atoms with E-state index >= 15 is 0 Å². The number of allylic oxidation sites excluding steroid dienone is 3. The maximum Gasteiger partial charge on any atom is 0.223 e. The van der Waals surface area contributed by atoms with Crippen LogP contribution < -0.4 is 0 Å². The first-order valence-electron chi connectivity index (χ1n) is 5.73. The number of rotatable bonds is 1. The van der Waals surface area contributed by atoms with Crippen LogP contribution in [0.5, 0.6) is 0 Å². The van der Waals surface area contributed by atoms with Crippen molar-refractivity contribution in [1.82, 2.24) is 4.90 Å². The van der Waals surface area contributed by atoms with Gasteiger partial charge < -0.3 is 4.90 Å². The van der Waals surface area contributed by atoms with Gasteiger partial charge in [-0.25, -0.2) is 0 Å². The molecule has 0 aromatic carbocycles. The second-order valence-electron chi connectivity index (χ2n) is 4.62. The summed E-state index contributed by atoms with van der Waals surface area (Å²) in [5, 5.41) is -0.649. The van der Waals surface area contributed by atoms with Gasteiger partial charge in [0.1, 0.15) is 20.8 Å². The topological polar surface area (TPSA) is 37.4 Å². The van der Waals surface area contributed by atoms with Crippen LogP contribution in [0.25, 0.3) is 0 Å². The second-order valence-corrected chi connectivity index (χ2v) is 5.75. The quantitative estimate of drug-likeness (QED) is 0.699. The highest BCUT2D eigenvalue weighted by Gasteiger charge is 2.36. The number of halogens is 3. The molecular weight excluding hydrogens is 296 g/mol. The first-order valence-corrected chi connectivity index (χ1v) is 6.86. The summed E-state index contributed by atoms with van der Waals surface area (Å²) in [6.45, 7) is 3.56. The number of carbonyl (C=O) groups excluding carboxylic acids is 2. The molecule has 1 fully saturated rings. The van der Waals surface area contributed by atoms with Crippen LogP contribution in [0.1, 0.15) is 19.8 Å². The minimum Gasteiger partial charge on any atom is -0.367 e. The van der Waals surface area contributed by atoms with E-state index in [9.17, 15) is 9.59 Å². The van der Waals surface area contributed by atoms with Crippen LogP contribution in [0.4, 0.5) is 0 Å². The van der Waals surface area contributed by atoms with Gasteiger partial charge in [0.2, 0.25) is 11.6 Å². The monoisotopic (exact) mass is 307 g/mol. The van der Waals surface area contributed by atoms with Gasteiger partial charge in [-0.1, -0.05) is 41.7 Å². The molecule has 1 aliphatic carbocycles. The predicted molar refractivity (Wildman–Crippen MR) is 71.6 cm³/mol. The lowest BCUT2D eigenvalue weighted by Crippen LogP contribution is -2.38. The molecule has 6 heteroatoms. The number of Topliss-reactive ketones (excluding diaryl/α,β-unsaturated/α-hetero) is 2. The largest absolute Gasteiger partial charge is 0.367 e. The van der Waals surface area contributed by atoms with Crippen LogP contribution in [-0.2, 0) is 9.59 Å². The highest BCUT2D eigenvalue weighted by Crippen LogP contribution is 2.34. The zero-order chi connectivity index (χ0) is 13.4. The van der Waals surface area contributed by atoms with Crippen molar-refractivity contribution in [3.8, 4) is 0 Å². The summed E-state index contributed by atoms with van der Waals surface area (Å²) in [6.07, 6.45) is 1.93. The SMILES string of the molecule is CC1CCN(C2=C(Cl)C(=O)C(Cl)=C(Cl)C2=O)CC1. The van der Waals surface area contributed by atoms with Crippen LogP contribution >= 0.6 is 34.8 Å². The molecule has 0 aromatic rings. The van der Waals surface area contributed by atoms with E-state index < -0.39 is 11.6 Å². The molecule has 18 heavy (non-hydrogen) atoms. The van der Waals surface area contributed by atoms with E-state index in [4.69, 9.17) is 34.8 Å². The minimum atomic E-state index is -0.573. The van der Waals surface area contributed by atoms with Gasteiger partial charge in [-0.05, 0) is 18.8 Å². The molecule has 1 heterocycles. The van der Waals surface area contributed by atoms with E-state index in [0.717, 1.165) is 12.8 Å². The summed E-state index contributed by atoms with van der Waals surface area (Å²) in [4.78, 5) is 25.6. The Balaban J connectivity index is 2.32. The Morgan fingerprint density at radius 3 is 2.00 bits per heavy atom. The molecule has 0 N–H and O–H groups in total. The molecule has 1 saturated heterocycles. The van der Waals surface area contributed by atoms with E-state index in [1.165, 1.54) is 0 Å². The fourth-order valence-corrected chi connectivity index (χ4v) is 2.83. The Labute approximate surface area is 120 Å². The highest BCUT2D eigenvalue weighted by molar-refractivity contribution is 6.64. The number of carbonyl (C=O) groups is 2. The molecule has 1 aliphatic heterocycles. The van der Waals surface area contributed by atoms with Crippen molar-refractivity contribution in [2.75, 3.05) is 13.1 Å². The smallest absolute Gasteiger partial charge is 0.223 e. The standard InChI is InChI=1S/C12H12Cl3NO2/c1-6-2-4-16(5-3-6)10-9(15)11(17)7(13)8(14)12(10)18/h6H,2-5H2,1H3. The molecule has 98 valence electrons. The van der Waals surface area contributed by atoms with E-state index in [1.54, 1.807) is 0 Å². The zero-order valence-corrected chi connectivity index (χ0v) is 12.1. The Hall–Kier alpha value is -0.510. The van der Waals surface area contributed by atoms with E-state index in [0.29, 0.717) is 19.0 Å². The van der Waals surface area contributed by atoms with Crippen molar-refractivity contribution in [2.45, 2.75) is 19.8 Å². The van der Waals surface area contributed by atoms with Gasteiger partial charge in [-0.15, -0.1) is 0 Å². The first kappa shape index (κ1) is 13.9. The fraction of sp³-hybridized carbons (Fsp3) is 0.500. The highest BCUT2D eigenvalue weighted by atomic mass is 35.5. The van der Waals surface area contributed by atoms with Crippen molar-refractivity contribution < 1.29 is 9.59 Å². The molecule has 0 spiro atoms. The maximum atomic E-state index is 12.1. The van der Waals surface area contributed by atoms with Gasteiger partial charge in [0, 0.05) is 13.1 Å². The second kappa shape index (κ2) is 5.24. The summed E-state index contributed by atoms with van der Waals surface area (Å²) < 4.78 is 0. The van der Waals surface area contributed by atoms with Crippen molar-refractivity contribution >= 4 is 46.4 Å². The molecule has 0 aromatic heterocycles. The average molecular weight is 309 g/mol. The van der Waals surface area contributed by atoms with Crippen LogP contribution in [0, 0.1) is 5.92 Å². The molecule has 0 atom stereocenters. The molecular formula is C12H12Cl3NO2. The number of hydrogen-bond donors (Lipinski definition) is 0. The van der Waals surface area contributed by atoms with Crippen molar-refractivity contribution in [2.24, 2.45) is 5.92 Å². The molecule has 0 saturated carbocycles. The molecule has 2 aliphatic rings. The van der Waals surface area contributed by atoms with Crippen LogP contribution in [0.3, 0.4) is 0 Å². The summed E-state index contributed by atoms with van der Waals surface area (Å²) in [5.74, 6) is -0.415. The minimum absolute atomic E-state index is 0.121. The van der Waals surface area contributed by atoms with Crippen LogP contribution in [-0.4, -0.2) is 29.6 Å². The van der Waals surface area contributed by atoms with E-state index in [2.05, 4.69) is 6.92 Å². The lowest BCUT2D eigenvalue weighted by molar-refractivity contribution is -0.116. The molecule has 0 amide bonds. The van der Waals surface area contributed by atoms with Gasteiger partial charge in [0.05, 0.1) is 0 Å². The Kier molecular flexibility index (Phi) is 4.05.